The topological polar surface area (TPSA) is 35.2 Å². The Morgan fingerprint density at radius 1 is 1.60 bits per heavy atom. The molecule has 0 saturated carbocycles. The third-order valence-corrected chi connectivity index (χ3v) is 2.19. The third-order valence-electron chi connectivity index (χ3n) is 1.89. The average Bonchev–Trinajstić information content (AvgIpc) is 2.16. The monoisotopic (exact) mass is 223 g/mol. The lowest BCUT2D eigenvalue weighted by molar-refractivity contribution is 0.365. The van der Waals surface area contributed by atoms with Crippen LogP contribution in [-0.2, 0) is 6.42 Å². The first kappa shape index (κ1) is 11.9. The molecule has 15 heavy (non-hydrogen) atoms. The number of hydrogen-bond donors (Lipinski definition) is 1. The largest absolute Gasteiger partial charge is 0.479 e. The molecule has 0 aliphatic rings. The minimum Gasteiger partial charge on any atom is -0.479 e. The predicted octanol–water partition coefficient (Wildman–Crippen LogP) is 2.24. The zero-order valence-electron chi connectivity index (χ0n) is 8.66. The van der Waals surface area contributed by atoms with E-state index >= 15 is 0 Å². The van der Waals surface area contributed by atoms with Crippen LogP contribution in [0.4, 0.5) is 0 Å². The van der Waals surface area contributed by atoms with Crippen molar-refractivity contribution in [1.29, 1.82) is 0 Å². The van der Waals surface area contributed by atoms with E-state index in [0.717, 1.165) is 12.0 Å². The van der Waals surface area contributed by atoms with Gasteiger partial charge in [-0.25, -0.2) is 0 Å². The van der Waals surface area contributed by atoms with Crippen LogP contribution in [0.2, 0.25) is 5.02 Å². The Labute approximate surface area is 95.4 Å². The summed E-state index contributed by atoms with van der Waals surface area (Å²) >= 11 is 6.01. The third kappa shape index (κ3) is 3.47. The van der Waals surface area contributed by atoms with Gasteiger partial charge < -0.3 is 10.5 Å². The molecule has 2 nitrogen and oxygen atoms in total. The van der Waals surface area contributed by atoms with E-state index in [4.69, 9.17) is 28.5 Å². The molecule has 2 N–H and O–H groups in total. The van der Waals surface area contributed by atoms with Crippen LogP contribution in [0.5, 0.6) is 5.75 Å². The maximum Gasteiger partial charge on any atom is 0.148 e. The summed E-state index contributed by atoms with van der Waals surface area (Å²) < 4.78 is 5.39. The Bertz CT molecular complexity index is 368. The number of nitrogens with two attached hydrogens (primary N) is 1. The van der Waals surface area contributed by atoms with Gasteiger partial charge in [0, 0.05) is 6.04 Å². The van der Waals surface area contributed by atoms with E-state index in [0.29, 0.717) is 10.8 Å². The molecular formula is C12H14ClNO. The smallest absolute Gasteiger partial charge is 0.148 e. The number of hydrogen-bond acceptors (Lipinski definition) is 2. The van der Waals surface area contributed by atoms with Gasteiger partial charge in [-0.1, -0.05) is 29.7 Å². The molecule has 1 rings (SSSR count). The van der Waals surface area contributed by atoms with Gasteiger partial charge in [-0.05, 0) is 25.0 Å². The van der Waals surface area contributed by atoms with E-state index in [2.05, 4.69) is 5.92 Å². The van der Waals surface area contributed by atoms with Crippen molar-refractivity contribution < 1.29 is 4.74 Å². The van der Waals surface area contributed by atoms with Crippen LogP contribution >= 0.6 is 11.6 Å². The molecule has 3 heteroatoms. The molecule has 1 aromatic carbocycles. The summed E-state index contributed by atoms with van der Waals surface area (Å²) in [6.07, 6.45) is 5.86. The number of terminal acetylenes is 1. The van der Waals surface area contributed by atoms with Crippen molar-refractivity contribution in [2.24, 2.45) is 5.73 Å². The summed E-state index contributed by atoms with van der Waals surface area (Å²) in [5, 5.41) is 0.573. The highest BCUT2D eigenvalue weighted by atomic mass is 35.5. The van der Waals surface area contributed by atoms with Gasteiger partial charge >= 0.3 is 0 Å². The zero-order chi connectivity index (χ0) is 11.3. The lowest BCUT2D eigenvalue weighted by Crippen LogP contribution is -2.18. The van der Waals surface area contributed by atoms with E-state index in [1.807, 2.05) is 19.1 Å². The van der Waals surface area contributed by atoms with Crippen molar-refractivity contribution >= 4 is 11.6 Å². The highest BCUT2D eigenvalue weighted by Gasteiger charge is 2.09. The molecule has 0 aliphatic carbocycles. The second kappa shape index (κ2) is 5.65. The van der Waals surface area contributed by atoms with E-state index in [1.54, 1.807) is 6.07 Å². The highest BCUT2D eigenvalue weighted by Crippen LogP contribution is 2.29. The number of rotatable bonds is 4. The maximum absolute atomic E-state index is 6.01. The van der Waals surface area contributed by atoms with E-state index < -0.39 is 0 Å². The van der Waals surface area contributed by atoms with Crippen LogP contribution in [0.1, 0.15) is 12.5 Å². The summed E-state index contributed by atoms with van der Waals surface area (Å²) in [6, 6.07) is 5.67. The van der Waals surface area contributed by atoms with Crippen LogP contribution in [0.15, 0.2) is 18.2 Å². The van der Waals surface area contributed by atoms with Crippen LogP contribution in [0.25, 0.3) is 0 Å². The number of halogens is 1. The Kier molecular flexibility index (Phi) is 4.48. The van der Waals surface area contributed by atoms with E-state index in [-0.39, 0.29) is 12.6 Å². The van der Waals surface area contributed by atoms with Crippen molar-refractivity contribution in [1.82, 2.24) is 0 Å². The lowest BCUT2D eigenvalue weighted by atomic mass is 10.1. The van der Waals surface area contributed by atoms with Crippen molar-refractivity contribution in [3.63, 3.8) is 0 Å². The van der Waals surface area contributed by atoms with Gasteiger partial charge in [0.1, 0.15) is 12.4 Å². The fraction of sp³-hybridized carbons (Fsp3) is 0.333. The minimum absolute atomic E-state index is 0.0663. The molecule has 0 aromatic heterocycles. The fourth-order valence-electron chi connectivity index (χ4n) is 1.34. The summed E-state index contributed by atoms with van der Waals surface area (Å²) in [4.78, 5) is 0. The molecule has 0 radical (unpaired) electrons. The second-order valence-corrected chi connectivity index (χ2v) is 3.81. The van der Waals surface area contributed by atoms with Crippen molar-refractivity contribution in [3.8, 4) is 18.1 Å². The van der Waals surface area contributed by atoms with Crippen molar-refractivity contribution in [3.05, 3.63) is 28.8 Å². The fourth-order valence-corrected chi connectivity index (χ4v) is 1.59. The molecule has 0 spiro atoms. The zero-order valence-corrected chi connectivity index (χ0v) is 9.42. The van der Waals surface area contributed by atoms with Gasteiger partial charge in [-0.3, -0.25) is 0 Å². The van der Waals surface area contributed by atoms with Crippen LogP contribution in [0, 0.1) is 12.3 Å². The summed E-state index contributed by atoms with van der Waals surface area (Å²) in [7, 11) is 0. The standard InChI is InChI=1S/C12H14ClNO/c1-3-7-15-12-10(8-9(2)14)5-4-6-11(12)13/h1,4-6,9H,7-8,14H2,2H3. The van der Waals surface area contributed by atoms with Gasteiger partial charge in [0.05, 0.1) is 5.02 Å². The first-order valence-electron chi connectivity index (χ1n) is 4.74. The first-order chi connectivity index (χ1) is 7.15. The van der Waals surface area contributed by atoms with E-state index in [1.165, 1.54) is 0 Å². The molecule has 80 valence electrons. The van der Waals surface area contributed by atoms with Gasteiger partial charge in [0.2, 0.25) is 0 Å². The minimum atomic E-state index is 0.0663. The highest BCUT2D eigenvalue weighted by molar-refractivity contribution is 6.32. The molecule has 1 aromatic rings. The number of benzene rings is 1. The molecule has 0 bridgehead atoms. The SMILES string of the molecule is C#CCOc1c(Cl)cccc1CC(C)N. The Morgan fingerprint density at radius 3 is 2.93 bits per heavy atom. The van der Waals surface area contributed by atoms with Crippen molar-refractivity contribution in [2.45, 2.75) is 19.4 Å². The van der Waals surface area contributed by atoms with Gasteiger partial charge in [0.25, 0.3) is 0 Å². The maximum atomic E-state index is 6.01. The van der Waals surface area contributed by atoms with Gasteiger partial charge in [0.15, 0.2) is 0 Å². The Hall–Kier alpha value is -1.17. The predicted molar refractivity (Wildman–Crippen MR) is 63.1 cm³/mol. The summed E-state index contributed by atoms with van der Waals surface area (Å²) in [6.45, 7) is 2.15. The second-order valence-electron chi connectivity index (χ2n) is 3.40. The Morgan fingerprint density at radius 2 is 2.33 bits per heavy atom. The molecular weight excluding hydrogens is 210 g/mol. The normalized spacial score (nSPS) is 11.9. The van der Waals surface area contributed by atoms with Gasteiger partial charge in [-0.15, -0.1) is 6.42 Å². The van der Waals surface area contributed by atoms with Crippen LogP contribution in [-0.4, -0.2) is 12.6 Å². The number of ether oxygens (including phenoxy) is 1. The van der Waals surface area contributed by atoms with Crippen molar-refractivity contribution in [2.75, 3.05) is 6.61 Å². The molecule has 1 atom stereocenters. The molecule has 0 fully saturated rings. The molecule has 0 aliphatic heterocycles. The van der Waals surface area contributed by atoms with Gasteiger partial charge in [-0.2, -0.15) is 0 Å². The summed E-state index contributed by atoms with van der Waals surface area (Å²) in [5.74, 6) is 3.06. The quantitative estimate of drug-likeness (QED) is 0.795. The molecule has 0 amide bonds. The van der Waals surface area contributed by atoms with Crippen LogP contribution in [0.3, 0.4) is 0 Å². The summed E-state index contributed by atoms with van der Waals surface area (Å²) in [5.41, 5.74) is 6.73. The Balaban J connectivity index is 2.93. The van der Waals surface area contributed by atoms with Crippen LogP contribution < -0.4 is 10.5 Å². The number of para-hydroxylation sites is 1. The molecule has 1 unspecified atom stereocenters. The molecule has 0 saturated heterocycles. The average molecular weight is 224 g/mol. The van der Waals surface area contributed by atoms with E-state index in [9.17, 15) is 0 Å². The first-order valence-corrected chi connectivity index (χ1v) is 5.12. The lowest BCUT2D eigenvalue weighted by Gasteiger charge is -2.12. The molecule has 0 heterocycles.